The molecule has 2 N–H and O–H groups in total. The van der Waals surface area contributed by atoms with Gasteiger partial charge in [0.15, 0.2) is 6.61 Å². The first-order valence-corrected chi connectivity index (χ1v) is 8.19. The molecule has 0 aliphatic carbocycles. The van der Waals surface area contributed by atoms with Crippen LogP contribution in [0.2, 0.25) is 5.02 Å². The Balaban J connectivity index is 2.36. The normalized spacial score (nSPS) is 12.0. The lowest BCUT2D eigenvalue weighted by Crippen LogP contribution is -2.33. The summed E-state index contributed by atoms with van der Waals surface area (Å²) in [4.78, 5) is 11.8. The van der Waals surface area contributed by atoms with Crippen LogP contribution < -0.4 is 10.1 Å². The predicted molar refractivity (Wildman–Crippen MR) is 87.8 cm³/mol. The molecule has 21 heavy (non-hydrogen) atoms. The third-order valence-corrected chi connectivity index (χ3v) is 3.93. The highest BCUT2D eigenvalue weighted by Gasteiger charge is 2.10. The lowest BCUT2D eigenvalue weighted by Gasteiger charge is -2.16. The largest absolute Gasteiger partial charge is 0.483 e. The number of hydrogen-bond acceptors (Lipinski definition) is 3. The number of rotatable bonds is 9. The molecule has 1 aromatic carbocycles. The molecule has 1 unspecified atom stereocenters. The van der Waals surface area contributed by atoms with Crippen LogP contribution in [-0.2, 0) is 4.79 Å². The summed E-state index contributed by atoms with van der Waals surface area (Å²) in [5, 5.41) is 12.4. The molecule has 1 atom stereocenters. The van der Waals surface area contributed by atoms with E-state index >= 15 is 0 Å². The molecule has 0 aromatic heterocycles. The van der Waals surface area contributed by atoms with Crippen LogP contribution in [0, 0.1) is 5.92 Å². The van der Waals surface area contributed by atoms with Gasteiger partial charge in [-0.2, -0.15) is 0 Å². The number of carbonyl (C=O) groups excluding carboxylic acids is 1. The van der Waals surface area contributed by atoms with Gasteiger partial charge in [-0.3, -0.25) is 4.79 Å². The molecular formula is C15H21BrClNO3. The van der Waals surface area contributed by atoms with Gasteiger partial charge < -0.3 is 15.2 Å². The van der Waals surface area contributed by atoms with Crippen molar-refractivity contribution < 1.29 is 14.6 Å². The smallest absolute Gasteiger partial charge is 0.257 e. The maximum Gasteiger partial charge on any atom is 0.257 e. The third-order valence-electron chi connectivity index (χ3n) is 3.07. The fraction of sp³-hybridized carbons (Fsp3) is 0.533. The molecule has 1 amide bonds. The Morgan fingerprint density at radius 2 is 2.24 bits per heavy atom. The molecule has 0 heterocycles. The number of nitrogens with one attached hydrogen (secondary N) is 1. The molecule has 0 aliphatic heterocycles. The topological polar surface area (TPSA) is 58.6 Å². The van der Waals surface area contributed by atoms with Crippen molar-refractivity contribution in [2.45, 2.75) is 26.2 Å². The molecule has 0 fully saturated rings. The molecule has 6 heteroatoms. The van der Waals surface area contributed by atoms with Crippen molar-refractivity contribution in [3.63, 3.8) is 0 Å². The van der Waals surface area contributed by atoms with Crippen LogP contribution in [0.25, 0.3) is 0 Å². The summed E-state index contributed by atoms with van der Waals surface area (Å²) >= 11 is 9.17. The van der Waals surface area contributed by atoms with E-state index in [2.05, 4.69) is 28.2 Å². The first-order valence-electron chi connectivity index (χ1n) is 7.02. The van der Waals surface area contributed by atoms with Gasteiger partial charge >= 0.3 is 0 Å². The predicted octanol–water partition coefficient (Wildman–Crippen LogP) is 3.40. The van der Waals surface area contributed by atoms with Crippen molar-refractivity contribution in [2.24, 2.45) is 5.92 Å². The summed E-state index contributed by atoms with van der Waals surface area (Å²) in [6, 6.07) is 5.14. The number of aliphatic hydroxyl groups excluding tert-OH is 1. The van der Waals surface area contributed by atoms with Crippen LogP contribution in [-0.4, -0.2) is 30.8 Å². The van der Waals surface area contributed by atoms with Crippen LogP contribution in [0.1, 0.15) is 26.2 Å². The molecule has 0 spiro atoms. The Morgan fingerprint density at radius 1 is 1.48 bits per heavy atom. The number of hydrogen-bond donors (Lipinski definition) is 2. The summed E-state index contributed by atoms with van der Waals surface area (Å²) in [5.74, 6) is 0.720. The van der Waals surface area contributed by atoms with E-state index in [9.17, 15) is 4.79 Å². The molecule has 1 aromatic rings. The molecular weight excluding hydrogens is 358 g/mol. The minimum absolute atomic E-state index is 0.0435. The minimum Gasteiger partial charge on any atom is -0.483 e. The van der Waals surface area contributed by atoms with E-state index < -0.39 is 0 Å². The standard InChI is InChI=1S/C15H21BrClNO3/c1-2-3-11(6-7-19)9-18-15(20)10-21-14-5-4-12(17)8-13(14)16/h4-5,8,11,19H,2-3,6-7,9-10H2,1H3,(H,18,20). The fourth-order valence-electron chi connectivity index (χ4n) is 1.98. The summed E-state index contributed by atoms with van der Waals surface area (Å²) in [7, 11) is 0. The molecule has 1 rings (SSSR count). The van der Waals surface area contributed by atoms with Crippen LogP contribution in [0.3, 0.4) is 0 Å². The average molecular weight is 379 g/mol. The van der Waals surface area contributed by atoms with Crippen molar-refractivity contribution in [2.75, 3.05) is 19.8 Å². The van der Waals surface area contributed by atoms with Gasteiger partial charge in [0.05, 0.1) is 4.47 Å². The Kier molecular flexibility index (Phi) is 8.73. The third kappa shape index (κ3) is 7.16. The Labute approximate surface area is 139 Å². The van der Waals surface area contributed by atoms with Crippen molar-refractivity contribution in [1.29, 1.82) is 0 Å². The zero-order chi connectivity index (χ0) is 15.7. The number of carbonyl (C=O) groups is 1. The van der Waals surface area contributed by atoms with E-state index in [1.807, 2.05) is 0 Å². The van der Waals surface area contributed by atoms with E-state index in [4.69, 9.17) is 21.4 Å². The van der Waals surface area contributed by atoms with Crippen LogP contribution >= 0.6 is 27.5 Å². The molecule has 0 aliphatic rings. The average Bonchev–Trinajstić information content (AvgIpc) is 2.44. The summed E-state index contributed by atoms with van der Waals surface area (Å²) in [6.07, 6.45) is 2.73. The highest BCUT2D eigenvalue weighted by Crippen LogP contribution is 2.27. The van der Waals surface area contributed by atoms with Crippen molar-refractivity contribution in [1.82, 2.24) is 5.32 Å². The second-order valence-corrected chi connectivity index (χ2v) is 6.13. The monoisotopic (exact) mass is 377 g/mol. The van der Waals surface area contributed by atoms with Crippen molar-refractivity contribution in [3.8, 4) is 5.75 Å². The van der Waals surface area contributed by atoms with E-state index in [-0.39, 0.29) is 19.1 Å². The Bertz CT molecular complexity index is 451. The highest BCUT2D eigenvalue weighted by atomic mass is 79.9. The molecule has 0 saturated carbocycles. The van der Waals surface area contributed by atoms with Gasteiger partial charge in [-0.25, -0.2) is 0 Å². The Hall–Kier alpha value is -0.780. The quantitative estimate of drug-likeness (QED) is 0.692. The van der Waals surface area contributed by atoms with Gasteiger partial charge in [-0.05, 0) is 52.9 Å². The van der Waals surface area contributed by atoms with Crippen LogP contribution in [0.15, 0.2) is 22.7 Å². The van der Waals surface area contributed by atoms with E-state index in [1.165, 1.54) is 0 Å². The number of halogens is 2. The summed E-state index contributed by atoms with van der Waals surface area (Å²) < 4.78 is 6.15. The number of amides is 1. The van der Waals surface area contributed by atoms with Crippen LogP contribution in [0.5, 0.6) is 5.75 Å². The van der Waals surface area contributed by atoms with Gasteiger partial charge in [0.25, 0.3) is 5.91 Å². The molecule has 118 valence electrons. The fourth-order valence-corrected chi connectivity index (χ4v) is 2.78. The van der Waals surface area contributed by atoms with Crippen molar-refractivity contribution >= 4 is 33.4 Å². The minimum atomic E-state index is -0.170. The van der Waals surface area contributed by atoms with Gasteiger partial charge in [0.2, 0.25) is 0 Å². The summed E-state index contributed by atoms with van der Waals surface area (Å²) in [5.41, 5.74) is 0. The maximum atomic E-state index is 11.8. The molecule has 0 saturated heterocycles. The first kappa shape index (κ1) is 18.3. The second kappa shape index (κ2) is 10.0. The Morgan fingerprint density at radius 3 is 2.86 bits per heavy atom. The van der Waals surface area contributed by atoms with E-state index in [0.29, 0.717) is 34.1 Å². The van der Waals surface area contributed by atoms with Gasteiger partial charge in [-0.15, -0.1) is 0 Å². The van der Waals surface area contributed by atoms with Crippen molar-refractivity contribution in [3.05, 3.63) is 27.7 Å². The van der Waals surface area contributed by atoms with Crippen LogP contribution in [0.4, 0.5) is 0 Å². The zero-order valence-electron chi connectivity index (χ0n) is 12.1. The lowest BCUT2D eigenvalue weighted by atomic mass is 10.0. The van der Waals surface area contributed by atoms with E-state index in [1.54, 1.807) is 18.2 Å². The molecule has 0 bridgehead atoms. The van der Waals surface area contributed by atoms with Gasteiger partial charge in [0.1, 0.15) is 5.75 Å². The highest BCUT2D eigenvalue weighted by molar-refractivity contribution is 9.10. The SMILES string of the molecule is CCCC(CCO)CNC(=O)COc1ccc(Cl)cc1Br. The summed E-state index contributed by atoms with van der Waals surface area (Å²) in [6.45, 7) is 2.76. The maximum absolute atomic E-state index is 11.8. The zero-order valence-corrected chi connectivity index (χ0v) is 14.4. The number of aliphatic hydroxyl groups is 1. The first-order chi connectivity index (χ1) is 10.1. The number of benzene rings is 1. The molecule has 4 nitrogen and oxygen atoms in total. The van der Waals surface area contributed by atoms with Gasteiger partial charge in [0, 0.05) is 18.2 Å². The number of ether oxygens (including phenoxy) is 1. The van der Waals surface area contributed by atoms with E-state index in [0.717, 1.165) is 12.8 Å². The molecule has 0 radical (unpaired) electrons. The lowest BCUT2D eigenvalue weighted by molar-refractivity contribution is -0.123. The van der Waals surface area contributed by atoms with Gasteiger partial charge in [-0.1, -0.05) is 24.9 Å². The second-order valence-electron chi connectivity index (χ2n) is 4.83.